The fourth-order valence-electron chi connectivity index (χ4n) is 4.53. The molecule has 2 aromatic heterocycles. The zero-order valence-electron chi connectivity index (χ0n) is 17.8. The van der Waals surface area contributed by atoms with E-state index in [1.807, 2.05) is 25.3 Å². The molecule has 160 valence electrons. The molecule has 2 aliphatic heterocycles. The number of hydrogen-bond donors (Lipinski definition) is 2. The third-order valence-electron chi connectivity index (χ3n) is 6.55. The largest absolute Gasteiger partial charge is 0.368 e. The van der Waals surface area contributed by atoms with Gasteiger partial charge in [-0.25, -0.2) is 4.98 Å². The van der Waals surface area contributed by atoms with E-state index in [9.17, 15) is 9.59 Å². The summed E-state index contributed by atoms with van der Waals surface area (Å²) in [6, 6.07) is 5.77. The smallest absolute Gasteiger partial charge is 0.269 e. The number of aromatic nitrogens is 2. The summed E-state index contributed by atoms with van der Waals surface area (Å²) in [6.07, 6.45) is 6.52. The molecule has 8 heteroatoms. The molecule has 8 nitrogen and oxygen atoms in total. The minimum atomic E-state index is -0.411. The molecule has 1 atom stereocenters. The van der Waals surface area contributed by atoms with Crippen molar-refractivity contribution in [3.05, 3.63) is 53.6 Å². The minimum absolute atomic E-state index is 0.0705. The highest BCUT2D eigenvalue weighted by atomic mass is 16.2. The number of amides is 2. The molecule has 31 heavy (non-hydrogen) atoms. The van der Waals surface area contributed by atoms with Gasteiger partial charge in [-0.3, -0.25) is 19.5 Å². The molecular weight excluding hydrogens is 392 g/mol. The van der Waals surface area contributed by atoms with Gasteiger partial charge in [-0.05, 0) is 35.8 Å². The van der Waals surface area contributed by atoms with E-state index in [0.29, 0.717) is 5.69 Å². The van der Waals surface area contributed by atoms with Gasteiger partial charge in [0.25, 0.3) is 5.91 Å². The quantitative estimate of drug-likeness (QED) is 0.771. The van der Waals surface area contributed by atoms with Gasteiger partial charge < -0.3 is 15.5 Å². The maximum Gasteiger partial charge on any atom is 0.269 e. The lowest BCUT2D eigenvalue weighted by Gasteiger charge is -2.36. The van der Waals surface area contributed by atoms with Gasteiger partial charge in [0.05, 0.1) is 28.7 Å². The van der Waals surface area contributed by atoms with Crippen LogP contribution >= 0.6 is 0 Å². The van der Waals surface area contributed by atoms with E-state index >= 15 is 0 Å². The van der Waals surface area contributed by atoms with Crippen LogP contribution in [0.5, 0.6) is 0 Å². The summed E-state index contributed by atoms with van der Waals surface area (Å²) >= 11 is 0. The number of pyridine rings is 2. The second-order valence-electron chi connectivity index (χ2n) is 8.32. The van der Waals surface area contributed by atoms with E-state index < -0.39 is 5.41 Å². The monoisotopic (exact) mass is 418 g/mol. The second kappa shape index (κ2) is 7.46. The van der Waals surface area contributed by atoms with Crippen molar-refractivity contribution in [1.82, 2.24) is 20.2 Å². The summed E-state index contributed by atoms with van der Waals surface area (Å²) in [5, 5.41) is 5.64. The van der Waals surface area contributed by atoms with E-state index in [1.165, 1.54) is 0 Å². The topological polar surface area (TPSA) is 90.5 Å². The van der Waals surface area contributed by atoms with Crippen LogP contribution in [0.2, 0.25) is 0 Å². The number of carbonyl (C=O) groups excluding carboxylic acids is 2. The minimum Gasteiger partial charge on any atom is -0.368 e. The summed E-state index contributed by atoms with van der Waals surface area (Å²) < 4.78 is 0. The summed E-state index contributed by atoms with van der Waals surface area (Å²) in [4.78, 5) is 37.7. The van der Waals surface area contributed by atoms with Crippen molar-refractivity contribution in [3.63, 3.8) is 0 Å². The molecule has 0 saturated carbocycles. The lowest BCUT2D eigenvalue weighted by Crippen LogP contribution is -2.46. The average Bonchev–Trinajstić information content (AvgIpc) is 3.56. The van der Waals surface area contributed by atoms with Gasteiger partial charge >= 0.3 is 0 Å². The molecule has 0 spiro atoms. The summed E-state index contributed by atoms with van der Waals surface area (Å²) in [5.74, 6) is -0.106. The van der Waals surface area contributed by atoms with Gasteiger partial charge in [-0.2, -0.15) is 0 Å². The number of nitrogens with one attached hydrogen (secondary N) is 2. The van der Waals surface area contributed by atoms with E-state index in [-0.39, 0.29) is 11.8 Å². The van der Waals surface area contributed by atoms with Crippen molar-refractivity contribution >= 4 is 28.8 Å². The van der Waals surface area contributed by atoms with Gasteiger partial charge in [0.15, 0.2) is 0 Å². The predicted octanol–water partition coefficient (Wildman–Crippen LogP) is 1.90. The predicted molar refractivity (Wildman–Crippen MR) is 119 cm³/mol. The second-order valence-corrected chi connectivity index (χ2v) is 8.32. The van der Waals surface area contributed by atoms with E-state index in [2.05, 4.69) is 36.5 Å². The van der Waals surface area contributed by atoms with Crippen LogP contribution in [0.4, 0.5) is 11.4 Å². The average molecular weight is 419 g/mol. The molecular formula is C23H26N6O2. The number of rotatable bonds is 5. The third kappa shape index (κ3) is 3.37. The standard InChI is InChI=1S/C23H26N6O2/c1-3-23-11-17(23)20-19(27-22(23)31)10-15(12-26-20)14-28-6-8-29(9-7-28)16-4-5-18(25-13-16)21(30)24-2/h4-5,10-13H,3,6-9,14H2,1-2H3,(H,24,30)(H,27,31)/t23-/m1/s1. The van der Waals surface area contributed by atoms with Crippen molar-refractivity contribution in [3.8, 4) is 0 Å². The Labute approximate surface area is 181 Å². The Balaban J connectivity index is 1.20. The third-order valence-corrected chi connectivity index (χ3v) is 6.55. The van der Waals surface area contributed by atoms with Crippen molar-refractivity contribution in [2.45, 2.75) is 19.9 Å². The highest BCUT2D eigenvalue weighted by Gasteiger charge is 2.54. The molecule has 2 amide bonds. The van der Waals surface area contributed by atoms with Crippen molar-refractivity contribution in [2.75, 3.05) is 43.4 Å². The molecule has 0 aromatic carbocycles. The van der Waals surface area contributed by atoms with Crippen molar-refractivity contribution in [2.24, 2.45) is 5.41 Å². The van der Waals surface area contributed by atoms with Crippen LogP contribution in [0.3, 0.4) is 0 Å². The number of carbonyl (C=O) groups is 2. The summed E-state index contributed by atoms with van der Waals surface area (Å²) in [6.45, 7) is 6.46. The Morgan fingerprint density at radius 2 is 2.00 bits per heavy atom. The normalized spacial score (nSPS) is 22.2. The zero-order chi connectivity index (χ0) is 21.6. The van der Waals surface area contributed by atoms with E-state index in [1.54, 1.807) is 19.3 Å². The molecule has 2 N–H and O–H groups in total. The maximum absolute atomic E-state index is 12.5. The number of fused-ring (bicyclic) bond motifs is 3. The van der Waals surface area contributed by atoms with Gasteiger partial charge in [0, 0.05) is 46.0 Å². The first-order chi connectivity index (χ1) is 15.0. The van der Waals surface area contributed by atoms with E-state index in [4.69, 9.17) is 0 Å². The Morgan fingerprint density at radius 3 is 2.68 bits per heavy atom. The fourth-order valence-corrected chi connectivity index (χ4v) is 4.53. The van der Waals surface area contributed by atoms with Crippen LogP contribution in [0.25, 0.3) is 5.57 Å². The SMILES string of the molecule is CC[C@@]12C=C1c1ncc(CN3CCN(c4ccc(C(=O)NC)nc4)CC3)cc1NC2=O. The fraction of sp³-hybridized carbons (Fsp3) is 0.391. The maximum atomic E-state index is 12.5. The van der Waals surface area contributed by atoms with Gasteiger partial charge in [-0.1, -0.05) is 13.0 Å². The van der Waals surface area contributed by atoms with Crippen LogP contribution in [-0.4, -0.2) is 59.9 Å². The Morgan fingerprint density at radius 1 is 1.19 bits per heavy atom. The molecule has 1 saturated heterocycles. The first-order valence-corrected chi connectivity index (χ1v) is 10.7. The van der Waals surface area contributed by atoms with Crippen LogP contribution in [-0.2, 0) is 11.3 Å². The van der Waals surface area contributed by atoms with Crippen molar-refractivity contribution in [1.29, 1.82) is 0 Å². The van der Waals surface area contributed by atoms with Crippen LogP contribution in [0, 0.1) is 5.41 Å². The first kappa shape index (κ1) is 19.7. The number of nitrogens with zero attached hydrogens (tertiary/aromatic N) is 4. The molecule has 0 radical (unpaired) electrons. The van der Waals surface area contributed by atoms with E-state index in [0.717, 1.165) is 67.3 Å². The van der Waals surface area contributed by atoms with Crippen LogP contribution in [0.15, 0.2) is 36.7 Å². The van der Waals surface area contributed by atoms with Gasteiger partial charge in [0.1, 0.15) is 5.69 Å². The molecule has 0 unspecified atom stereocenters. The highest BCUT2D eigenvalue weighted by molar-refractivity contribution is 6.18. The molecule has 1 fully saturated rings. The number of piperazine rings is 1. The van der Waals surface area contributed by atoms with Crippen LogP contribution < -0.4 is 15.5 Å². The molecule has 5 rings (SSSR count). The number of anilines is 2. The molecule has 1 aliphatic carbocycles. The lowest BCUT2D eigenvalue weighted by molar-refractivity contribution is -0.120. The zero-order valence-corrected chi connectivity index (χ0v) is 17.8. The Bertz CT molecular complexity index is 1070. The van der Waals surface area contributed by atoms with Crippen LogP contribution in [0.1, 0.15) is 35.1 Å². The summed E-state index contributed by atoms with van der Waals surface area (Å²) in [5.41, 5.74) is 4.97. The summed E-state index contributed by atoms with van der Waals surface area (Å²) in [7, 11) is 1.60. The number of hydrogen-bond acceptors (Lipinski definition) is 6. The van der Waals surface area contributed by atoms with Gasteiger partial charge in [0.2, 0.25) is 5.91 Å². The Hall–Kier alpha value is -3.26. The van der Waals surface area contributed by atoms with Gasteiger partial charge in [-0.15, -0.1) is 0 Å². The molecule has 0 bridgehead atoms. The lowest BCUT2D eigenvalue weighted by atomic mass is 9.90. The molecule has 4 heterocycles. The molecule has 3 aliphatic rings. The van der Waals surface area contributed by atoms with Crippen molar-refractivity contribution < 1.29 is 9.59 Å². The molecule has 2 aromatic rings. The first-order valence-electron chi connectivity index (χ1n) is 10.7. The Kier molecular flexibility index (Phi) is 4.74. The highest BCUT2D eigenvalue weighted by Crippen LogP contribution is 2.57.